The van der Waals surface area contributed by atoms with Crippen molar-refractivity contribution < 1.29 is 4.79 Å². The Morgan fingerprint density at radius 1 is 1.40 bits per heavy atom. The molecule has 15 heavy (non-hydrogen) atoms. The number of benzene rings is 1. The van der Waals surface area contributed by atoms with Crippen molar-refractivity contribution in [2.24, 2.45) is 5.73 Å². The molecule has 2 nitrogen and oxygen atoms in total. The van der Waals surface area contributed by atoms with Crippen molar-refractivity contribution in [2.75, 3.05) is 0 Å². The second kappa shape index (κ2) is 6.00. The summed E-state index contributed by atoms with van der Waals surface area (Å²) in [6.07, 6.45) is 6.62. The third-order valence-electron chi connectivity index (χ3n) is 2.25. The molecule has 1 unspecified atom stereocenters. The first-order valence-corrected chi connectivity index (χ1v) is 4.99. The van der Waals surface area contributed by atoms with Gasteiger partial charge in [-0.15, -0.1) is 12.3 Å². The molecule has 1 aromatic carbocycles. The van der Waals surface area contributed by atoms with Gasteiger partial charge in [-0.2, -0.15) is 0 Å². The van der Waals surface area contributed by atoms with E-state index in [2.05, 4.69) is 5.92 Å². The van der Waals surface area contributed by atoms with Crippen molar-refractivity contribution in [1.29, 1.82) is 0 Å². The summed E-state index contributed by atoms with van der Waals surface area (Å²) >= 11 is 0. The van der Waals surface area contributed by atoms with Gasteiger partial charge in [-0.1, -0.05) is 30.3 Å². The fourth-order valence-corrected chi connectivity index (χ4v) is 1.34. The Morgan fingerprint density at radius 3 is 2.67 bits per heavy atom. The van der Waals surface area contributed by atoms with E-state index >= 15 is 0 Å². The summed E-state index contributed by atoms with van der Waals surface area (Å²) < 4.78 is 0. The highest BCUT2D eigenvalue weighted by molar-refractivity contribution is 5.84. The van der Waals surface area contributed by atoms with Crippen LogP contribution in [-0.4, -0.2) is 11.8 Å². The number of Topliss-reactive ketones (excluding diaryl/α,β-unsaturated/α-hetero) is 1. The normalized spacial score (nSPS) is 11.7. The Kier molecular flexibility index (Phi) is 4.59. The first-order valence-electron chi connectivity index (χ1n) is 4.99. The maximum absolute atomic E-state index is 11.5. The van der Waals surface area contributed by atoms with Crippen molar-refractivity contribution >= 4 is 5.78 Å². The predicted octanol–water partition coefficient (Wildman–Crippen LogP) is 1.54. The molecule has 0 fully saturated rings. The number of nitrogens with two attached hydrogens (primary N) is 1. The number of hydrogen-bond acceptors (Lipinski definition) is 2. The van der Waals surface area contributed by atoms with E-state index in [-0.39, 0.29) is 5.78 Å². The zero-order valence-electron chi connectivity index (χ0n) is 8.65. The van der Waals surface area contributed by atoms with Gasteiger partial charge in [-0.25, -0.2) is 0 Å². The summed E-state index contributed by atoms with van der Waals surface area (Å²) in [5, 5.41) is 0. The van der Waals surface area contributed by atoms with Crippen molar-refractivity contribution in [3.63, 3.8) is 0 Å². The van der Waals surface area contributed by atoms with Crippen molar-refractivity contribution in [1.82, 2.24) is 0 Å². The summed E-state index contributed by atoms with van der Waals surface area (Å²) in [4.78, 5) is 11.5. The molecule has 0 bridgehead atoms. The number of ketones is 1. The average molecular weight is 201 g/mol. The molecule has 78 valence electrons. The van der Waals surface area contributed by atoms with Gasteiger partial charge in [0.05, 0.1) is 6.04 Å². The van der Waals surface area contributed by atoms with Crippen LogP contribution >= 0.6 is 0 Å². The summed E-state index contributed by atoms with van der Waals surface area (Å²) in [6, 6.07) is 9.37. The lowest BCUT2D eigenvalue weighted by Gasteiger charge is -2.06. The van der Waals surface area contributed by atoms with Gasteiger partial charge in [0.25, 0.3) is 0 Å². The Morgan fingerprint density at radius 2 is 2.07 bits per heavy atom. The van der Waals surface area contributed by atoms with Gasteiger partial charge in [0, 0.05) is 12.8 Å². The lowest BCUT2D eigenvalue weighted by molar-refractivity contribution is -0.120. The van der Waals surface area contributed by atoms with Crippen LogP contribution in [0.25, 0.3) is 0 Å². The van der Waals surface area contributed by atoms with E-state index in [1.165, 1.54) is 0 Å². The number of terminal acetylenes is 1. The molecule has 0 aliphatic rings. The molecule has 0 saturated carbocycles. The van der Waals surface area contributed by atoms with Crippen LogP contribution in [0.15, 0.2) is 30.3 Å². The first kappa shape index (κ1) is 11.5. The molecule has 2 heteroatoms. The molecule has 0 radical (unpaired) electrons. The lowest BCUT2D eigenvalue weighted by atomic mass is 10.0. The van der Waals surface area contributed by atoms with Gasteiger partial charge >= 0.3 is 0 Å². The lowest BCUT2D eigenvalue weighted by Crippen LogP contribution is -2.30. The fraction of sp³-hybridized carbons (Fsp3) is 0.308. The molecular weight excluding hydrogens is 186 g/mol. The van der Waals surface area contributed by atoms with Crippen LogP contribution in [-0.2, 0) is 11.2 Å². The van der Waals surface area contributed by atoms with E-state index in [1.807, 2.05) is 30.3 Å². The maximum atomic E-state index is 11.5. The number of hydrogen-bond donors (Lipinski definition) is 1. The van der Waals surface area contributed by atoms with Crippen LogP contribution < -0.4 is 5.73 Å². The molecular formula is C13H15NO. The van der Waals surface area contributed by atoms with Crippen LogP contribution in [0.1, 0.15) is 18.4 Å². The van der Waals surface area contributed by atoms with Gasteiger partial charge in [0.2, 0.25) is 0 Å². The molecule has 2 N–H and O–H groups in total. The molecule has 0 aliphatic carbocycles. The second-order valence-electron chi connectivity index (χ2n) is 3.47. The van der Waals surface area contributed by atoms with Crippen LogP contribution in [0.5, 0.6) is 0 Å². The summed E-state index contributed by atoms with van der Waals surface area (Å²) in [5.74, 6) is 2.44. The number of aryl methyl sites for hydroxylation is 1. The van der Waals surface area contributed by atoms with Crippen LogP contribution in [0, 0.1) is 12.3 Å². The van der Waals surface area contributed by atoms with Crippen LogP contribution in [0.4, 0.5) is 0 Å². The van der Waals surface area contributed by atoms with E-state index in [0.717, 1.165) is 12.0 Å². The van der Waals surface area contributed by atoms with E-state index in [9.17, 15) is 4.79 Å². The topological polar surface area (TPSA) is 43.1 Å². The predicted molar refractivity (Wildman–Crippen MR) is 61.2 cm³/mol. The third kappa shape index (κ3) is 3.97. The molecule has 0 amide bonds. The standard InChI is InChI=1S/C13H15NO/c1-2-6-12(14)13(15)10-9-11-7-4-3-5-8-11/h1,3-5,7-8,12H,6,9-10,14H2. The van der Waals surface area contributed by atoms with Crippen LogP contribution in [0.3, 0.4) is 0 Å². The van der Waals surface area contributed by atoms with Crippen molar-refractivity contribution in [2.45, 2.75) is 25.3 Å². The highest BCUT2D eigenvalue weighted by Crippen LogP contribution is 2.04. The van der Waals surface area contributed by atoms with Gasteiger partial charge in [-0.3, -0.25) is 4.79 Å². The number of carbonyl (C=O) groups is 1. The molecule has 1 rings (SSSR count). The SMILES string of the molecule is C#CCC(N)C(=O)CCc1ccccc1. The van der Waals surface area contributed by atoms with Gasteiger partial charge in [0.1, 0.15) is 0 Å². The van der Waals surface area contributed by atoms with Crippen molar-refractivity contribution in [3.8, 4) is 12.3 Å². The highest BCUT2D eigenvalue weighted by atomic mass is 16.1. The van der Waals surface area contributed by atoms with Crippen LogP contribution in [0.2, 0.25) is 0 Å². The summed E-state index contributed by atoms with van der Waals surface area (Å²) in [6.45, 7) is 0. The van der Waals surface area contributed by atoms with Gasteiger partial charge < -0.3 is 5.73 Å². The zero-order valence-corrected chi connectivity index (χ0v) is 8.65. The molecule has 0 heterocycles. The Balaban J connectivity index is 2.38. The molecule has 0 saturated heterocycles. The fourth-order valence-electron chi connectivity index (χ4n) is 1.34. The minimum atomic E-state index is -0.501. The molecule has 1 aromatic rings. The Labute approximate surface area is 90.5 Å². The van der Waals surface area contributed by atoms with E-state index in [0.29, 0.717) is 12.8 Å². The Hall–Kier alpha value is -1.59. The molecule has 0 spiro atoms. The van der Waals surface area contributed by atoms with E-state index < -0.39 is 6.04 Å². The average Bonchev–Trinajstić information content (AvgIpc) is 2.27. The number of rotatable bonds is 5. The smallest absolute Gasteiger partial charge is 0.150 e. The molecule has 1 atom stereocenters. The minimum Gasteiger partial charge on any atom is -0.321 e. The summed E-state index contributed by atoms with van der Waals surface area (Å²) in [5.41, 5.74) is 6.75. The molecule has 0 aliphatic heterocycles. The Bertz CT molecular complexity index is 351. The minimum absolute atomic E-state index is 0.0387. The van der Waals surface area contributed by atoms with E-state index in [4.69, 9.17) is 12.2 Å². The van der Waals surface area contributed by atoms with Gasteiger partial charge in [0.15, 0.2) is 5.78 Å². The quantitative estimate of drug-likeness (QED) is 0.734. The monoisotopic (exact) mass is 201 g/mol. The molecule has 0 aromatic heterocycles. The highest BCUT2D eigenvalue weighted by Gasteiger charge is 2.11. The first-order chi connectivity index (χ1) is 7.24. The third-order valence-corrected chi connectivity index (χ3v) is 2.25. The second-order valence-corrected chi connectivity index (χ2v) is 3.47. The largest absolute Gasteiger partial charge is 0.321 e. The maximum Gasteiger partial charge on any atom is 0.150 e. The number of carbonyl (C=O) groups excluding carboxylic acids is 1. The zero-order chi connectivity index (χ0) is 11.1. The van der Waals surface area contributed by atoms with E-state index in [1.54, 1.807) is 0 Å². The van der Waals surface area contributed by atoms with Crippen molar-refractivity contribution in [3.05, 3.63) is 35.9 Å². The summed E-state index contributed by atoms with van der Waals surface area (Å²) in [7, 11) is 0. The van der Waals surface area contributed by atoms with Gasteiger partial charge in [-0.05, 0) is 12.0 Å².